The SMILES string of the molecule is Nc1ccc(C2CCNC(=O)C2)c(Cl)c1. The summed E-state index contributed by atoms with van der Waals surface area (Å²) in [6.45, 7) is 0.726. The Balaban J connectivity index is 2.24. The molecule has 0 radical (unpaired) electrons. The van der Waals surface area contributed by atoms with Crippen LogP contribution in [0.5, 0.6) is 0 Å². The van der Waals surface area contributed by atoms with E-state index in [1.165, 1.54) is 0 Å². The second kappa shape index (κ2) is 4.11. The number of rotatable bonds is 1. The van der Waals surface area contributed by atoms with Crippen LogP contribution in [0.15, 0.2) is 18.2 Å². The van der Waals surface area contributed by atoms with Gasteiger partial charge in [-0.15, -0.1) is 0 Å². The van der Waals surface area contributed by atoms with Crippen LogP contribution in [0.3, 0.4) is 0 Å². The predicted octanol–water partition coefficient (Wildman–Crippen LogP) is 1.92. The van der Waals surface area contributed by atoms with Crippen LogP contribution in [0, 0.1) is 0 Å². The maximum atomic E-state index is 11.2. The lowest BCUT2D eigenvalue weighted by atomic mass is 9.90. The number of halogens is 1. The van der Waals surface area contributed by atoms with Crippen LogP contribution >= 0.6 is 11.6 Å². The molecule has 0 aliphatic carbocycles. The fraction of sp³-hybridized carbons (Fsp3) is 0.364. The van der Waals surface area contributed by atoms with Crippen LogP contribution in [-0.2, 0) is 4.79 Å². The summed E-state index contributed by atoms with van der Waals surface area (Å²) in [6, 6.07) is 5.48. The molecular formula is C11H13ClN2O. The molecule has 1 saturated heterocycles. The second-order valence-corrected chi connectivity index (χ2v) is 4.23. The van der Waals surface area contributed by atoms with Gasteiger partial charge in [0.05, 0.1) is 0 Å². The first-order chi connectivity index (χ1) is 7.16. The quantitative estimate of drug-likeness (QED) is 0.716. The smallest absolute Gasteiger partial charge is 0.220 e. The highest BCUT2D eigenvalue weighted by molar-refractivity contribution is 6.31. The minimum Gasteiger partial charge on any atom is -0.399 e. The molecular weight excluding hydrogens is 212 g/mol. The average Bonchev–Trinajstić information content (AvgIpc) is 2.17. The van der Waals surface area contributed by atoms with Crippen LogP contribution in [0.25, 0.3) is 0 Å². The third kappa shape index (κ3) is 2.23. The monoisotopic (exact) mass is 224 g/mol. The first kappa shape index (κ1) is 10.3. The number of hydrogen-bond donors (Lipinski definition) is 2. The number of nitrogens with two attached hydrogens (primary N) is 1. The van der Waals surface area contributed by atoms with E-state index in [9.17, 15) is 4.79 Å². The predicted molar refractivity (Wildman–Crippen MR) is 60.8 cm³/mol. The Morgan fingerprint density at radius 3 is 2.93 bits per heavy atom. The van der Waals surface area contributed by atoms with E-state index in [0.29, 0.717) is 17.1 Å². The number of amides is 1. The molecule has 1 aliphatic rings. The summed E-state index contributed by atoms with van der Waals surface area (Å²) in [6.07, 6.45) is 1.46. The highest BCUT2D eigenvalue weighted by atomic mass is 35.5. The lowest BCUT2D eigenvalue weighted by Gasteiger charge is -2.23. The molecule has 1 amide bonds. The van der Waals surface area contributed by atoms with E-state index in [2.05, 4.69) is 5.32 Å². The first-order valence-electron chi connectivity index (χ1n) is 4.98. The highest BCUT2D eigenvalue weighted by Crippen LogP contribution is 2.32. The molecule has 4 heteroatoms. The van der Waals surface area contributed by atoms with Gasteiger partial charge in [0.15, 0.2) is 0 Å². The summed E-state index contributed by atoms with van der Waals surface area (Å²) in [5.74, 6) is 0.325. The Morgan fingerprint density at radius 1 is 1.47 bits per heavy atom. The molecule has 15 heavy (non-hydrogen) atoms. The van der Waals surface area contributed by atoms with Gasteiger partial charge in [0.2, 0.25) is 5.91 Å². The van der Waals surface area contributed by atoms with E-state index >= 15 is 0 Å². The summed E-state index contributed by atoms with van der Waals surface area (Å²) in [5.41, 5.74) is 7.31. The molecule has 80 valence electrons. The van der Waals surface area contributed by atoms with Crippen LogP contribution in [0.1, 0.15) is 24.3 Å². The average molecular weight is 225 g/mol. The van der Waals surface area contributed by atoms with Crippen molar-refractivity contribution in [3.63, 3.8) is 0 Å². The number of nitrogen functional groups attached to an aromatic ring is 1. The third-order valence-corrected chi connectivity index (χ3v) is 3.04. The Labute approximate surface area is 93.6 Å². The molecule has 2 rings (SSSR count). The van der Waals surface area contributed by atoms with Crippen LogP contribution < -0.4 is 11.1 Å². The fourth-order valence-electron chi connectivity index (χ4n) is 1.92. The van der Waals surface area contributed by atoms with Gasteiger partial charge < -0.3 is 11.1 Å². The molecule has 1 aromatic carbocycles. The number of hydrogen-bond acceptors (Lipinski definition) is 2. The van der Waals surface area contributed by atoms with Crippen LogP contribution in [0.4, 0.5) is 5.69 Å². The molecule has 3 N–H and O–H groups in total. The molecule has 1 atom stereocenters. The number of carbonyl (C=O) groups excluding carboxylic acids is 1. The number of carbonyl (C=O) groups is 1. The zero-order chi connectivity index (χ0) is 10.8. The van der Waals surface area contributed by atoms with Gasteiger partial charge in [0, 0.05) is 23.7 Å². The molecule has 1 aromatic rings. The Kier molecular flexibility index (Phi) is 2.82. The van der Waals surface area contributed by atoms with Crippen molar-refractivity contribution in [2.75, 3.05) is 12.3 Å². The number of benzene rings is 1. The van der Waals surface area contributed by atoms with Crippen molar-refractivity contribution in [3.8, 4) is 0 Å². The maximum Gasteiger partial charge on any atom is 0.220 e. The van der Waals surface area contributed by atoms with Crippen LogP contribution in [0.2, 0.25) is 5.02 Å². The van der Waals surface area contributed by atoms with E-state index in [1.807, 2.05) is 12.1 Å². The standard InChI is InChI=1S/C11H13ClN2O/c12-10-6-8(13)1-2-9(10)7-3-4-14-11(15)5-7/h1-2,6-7H,3-5,13H2,(H,14,15). The Bertz CT molecular complexity index is 392. The van der Waals surface area contributed by atoms with Gasteiger partial charge in [0.25, 0.3) is 0 Å². The third-order valence-electron chi connectivity index (χ3n) is 2.71. The van der Waals surface area contributed by atoms with Crippen molar-refractivity contribution in [2.24, 2.45) is 0 Å². The van der Waals surface area contributed by atoms with Gasteiger partial charge in [-0.2, -0.15) is 0 Å². The van der Waals surface area contributed by atoms with Crippen molar-refractivity contribution in [3.05, 3.63) is 28.8 Å². The molecule has 1 aliphatic heterocycles. The molecule has 1 unspecified atom stereocenters. The van der Waals surface area contributed by atoms with Crippen molar-refractivity contribution < 1.29 is 4.79 Å². The van der Waals surface area contributed by atoms with E-state index in [-0.39, 0.29) is 11.8 Å². The number of nitrogens with one attached hydrogen (secondary N) is 1. The van der Waals surface area contributed by atoms with Crippen molar-refractivity contribution in [1.29, 1.82) is 0 Å². The second-order valence-electron chi connectivity index (χ2n) is 3.82. The van der Waals surface area contributed by atoms with Crippen molar-refractivity contribution in [2.45, 2.75) is 18.8 Å². The Hall–Kier alpha value is -1.22. The Morgan fingerprint density at radius 2 is 2.27 bits per heavy atom. The van der Waals surface area contributed by atoms with Gasteiger partial charge in [-0.1, -0.05) is 17.7 Å². The molecule has 0 bridgehead atoms. The summed E-state index contributed by atoms with van der Waals surface area (Å²) in [4.78, 5) is 11.2. The van der Waals surface area contributed by atoms with Crippen molar-refractivity contribution in [1.82, 2.24) is 5.32 Å². The highest BCUT2D eigenvalue weighted by Gasteiger charge is 2.22. The molecule has 0 saturated carbocycles. The molecule has 3 nitrogen and oxygen atoms in total. The fourth-order valence-corrected chi connectivity index (χ4v) is 2.27. The van der Waals surface area contributed by atoms with E-state index in [4.69, 9.17) is 17.3 Å². The minimum absolute atomic E-state index is 0.0964. The molecule has 1 heterocycles. The molecule has 0 aromatic heterocycles. The van der Waals surface area contributed by atoms with Crippen LogP contribution in [-0.4, -0.2) is 12.5 Å². The van der Waals surface area contributed by atoms with E-state index < -0.39 is 0 Å². The van der Waals surface area contributed by atoms with Gasteiger partial charge in [-0.05, 0) is 30.0 Å². The first-order valence-corrected chi connectivity index (χ1v) is 5.36. The van der Waals surface area contributed by atoms with E-state index in [1.54, 1.807) is 6.07 Å². The van der Waals surface area contributed by atoms with Gasteiger partial charge in [0.1, 0.15) is 0 Å². The van der Waals surface area contributed by atoms with E-state index in [0.717, 1.165) is 18.5 Å². The summed E-state index contributed by atoms with van der Waals surface area (Å²) >= 11 is 6.10. The summed E-state index contributed by atoms with van der Waals surface area (Å²) < 4.78 is 0. The zero-order valence-corrected chi connectivity index (χ0v) is 9.05. The molecule has 0 spiro atoms. The lowest BCUT2D eigenvalue weighted by Crippen LogP contribution is -2.32. The topological polar surface area (TPSA) is 55.1 Å². The summed E-state index contributed by atoms with van der Waals surface area (Å²) in [7, 11) is 0. The molecule has 1 fully saturated rings. The van der Waals surface area contributed by atoms with Crippen molar-refractivity contribution >= 4 is 23.2 Å². The number of piperidine rings is 1. The van der Waals surface area contributed by atoms with Gasteiger partial charge >= 0.3 is 0 Å². The maximum absolute atomic E-state index is 11.2. The number of anilines is 1. The van der Waals surface area contributed by atoms with Gasteiger partial charge in [-0.3, -0.25) is 4.79 Å². The lowest BCUT2D eigenvalue weighted by molar-refractivity contribution is -0.122. The zero-order valence-electron chi connectivity index (χ0n) is 8.29. The normalized spacial score (nSPS) is 21.1. The minimum atomic E-state index is 0.0964. The largest absolute Gasteiger partial charge is 0.399 e. The van der Waals surface area contributed by atoms with Gasteiger partial charge in [-0.25, -0.2) is 0 Å². The summed E-state index contributed by atoms with van der Waals surface area (Å²) in [5, 5.41) is 3.47.